The Hall–Kier alpha value is -0.420. The summed E-state index contributed by atoms with van der Waals surface area (Å²) in [5, 5.41) is 3.52. The number of nitrogens with one attached hydrogen (secondary N) is 1. The van der Waals surface area contributed by atoms with E-state index < -0.39 is 0 Å². The second kappa shape index (κ2) is 10.3. The van der Waals surface area contributed by atoms with Gasteiger partial charge in [-0.25, -0.2) is 0 Å². The zero-order chi connectivity index (χ0) is 14.8. The minimum Gasteiger partial charge on any atom is -0.314 e. The number of likely N-dealkylation sites (N-methyl/N-ethyl adjacent to an activating group) is 2. The number of rotatable bonds is 10. The van der Waals surface area contributed by atoms with E-state index in [1.165, 1.54) is 5.56 Å². The lowest BCUT2D eigenvalue weighted by molar-refractivity contribution is 0.291. The Labute approximate surface area is 132 Å². The first-order valence-corrected chi connectivity index (χ1v) is 8.31. The Morgan fingerprint density at radius 3 is 2.45 bits per heavy atom. The lowest BCUT2D eigenvalue weighted by atomic mass is 10.2. The molecule has 0 fully saturated rings. The molecule has 1 aromatic rings. The summed E-state index contributed by atoms with van der Waals surface area (Å²) in [5.74, 6) is 0. The Bertz CT molecular complexity index is 366. The molecule has 20 heavy (non-hydrogen) atoms. The van der Waals surface area contributed by atoms with Crippen molar-refractivity contribution in [3.63, 3.8) is 0 Å². The van der Waals surface area contributed by atoms with Gasteiger partial charge in [-0.1, -0.05) is 41.9 Å². The van der Waals surface area contributed by atoms with Crippen LogP contribution in [0, 0.1) is 0 Å². The van der Waals surface area contributed by atoms with Gasteiger partial charge in [-0.3, -0.25) is 0 Å². The van der Waals surface area contributed by atoms with Crippen LogP contribution in [0.25, 0.3) is 0 Å². The third kappa shape index (κ3) is 7.39. The van der Waals surface area contributed by atoms with Gasteiger partial charge in [-0.2, -0.15) is 0 Å². The summed E-state index contributed by atoms with van der Waals surface area (Å²) in [4.78, 5) is 4.80. The Morgan fingerprint density at radius 2 is 1.80 bits per heavy atom. The first-order chi connectivity index (χ1) is 9.65. The molecule has 1 N–H and O–H groups in total. The van der Waals surface area contributed by atoms with Crippen LogP contribution in [0.1, 0.15) is 19.4 Å². The summed E-state index contributed by atoms with van der Waals surface area (Å²) < 4.78 is 1.15. The molecular formula is C16H28BrN3. The summed E-state index contributed by atoms with van der Waals surface area (Å²) in [6.45, 7) is 12.1. The molecule has 0 saturated heterocycles. The van der Waals surface area contributed by atoms with E-state index in [0.717, 1.165) is 50.3 Å². The van der Waals surface area contributed by atoms with Gasteiger partial charge in [0.1, 0.15) is 0 Å². The van der Waals surface area contributed by atoms with Crippen molar-refractivity contribution < 1.29 is 0 Å². The van der Waals surface area contributed by atoms with Crippen molar-refractivity contribution in [2.24, 2.45) is 0 Å². The van der Waals surface area contributed by atoms with E-state index >= 15 is 0 Å². The van der Waals surface area contributed by atoms with Gasteiger partial charge in [0, 0.05) is 37.2 Å². The van der Waals surface area contributed by atoms with Gasteiger partial charge >= 0.3 is 0 Å². The normalized spacial score (nSPS) is 11.5. The molecule has 1 aromatic carbocycles. The van der Waals surface area contributed by atoms with Crippen LogP contribution >= 0.6 is 15.9 Å². The fourth-order valence-electron chi connectivity index (χ4n) is 2.20. The van der Waals surface area contributed by atoms with Crippen LogP contribution in [0.5, 0.6) is 0 Å². The van der Waals surface area contributed by atoms with E-state index in [1.807, 2.05) is 0 Å². The van der Waals surface area contributed by atoms with E-state index in [0.29, 0.717) is 0 Å². The SMILES string of the molecule is CCN(CC)CCNCCN(C)Cc1cccc(Br)c1. The second-order valence-electron chi connectivity index (χ2n) is 5.14. The minimum absolute atomic E-state index is 0.997. The smallest absolute Gasteiger partial charge is 0.0231 e. The molecule has 1 rings (SSSR count). The standard InChI is InChI=1S/C16H28BrN3/c1-4-20(5-2)12-10-18-9-11-19(3)14-15-7-6-8-16(17)13-15/h6-8,13,18H,4-5,9-12,14H2,1-3H3. The molecule has 0 aliphatic carbocycles. The van der Waals surface area contributed by atoms with Crippen LogP contribution in [-0.4, -0.2) is 56.1 Å². The first-order valence-electron chi connectivity index (χ1n) is 7.51. The summed E-state index contributed by atoms with van der Waals surface area (Å²) in [5.41, 5.74) is 1.35. The summed E-state index contributed by atoms with van der Waals surface area (Å²) in [6, 6.07) is 8.52. The average molecular weight is 342 g/mol. The number of hydrogen-bond donors (Lipinski definition) is 1. The fourth-order valence-corrected chi connectivity index (χ4v) is 2.64. The van der Waals surface area contributed by atoms with Crippen molar-refractivity contribution in [2.45, 2.75) is 20.4 Å². The molecule has 0 aromatic heterocycles. The van der Waals surface area contributed by atoms with Gasteiger partial charge in [0.25, 0.3) is 0 Å². The van der Waals surface area contributed by atoms with Crippen molar-refractivity contribution in [1.29, 1.82) is 0 Å². The molecule has 0 bridgehead atoms. The number of benzene rings is 1. The number of hydrogen-bond acceptors (Lipinski definition) is 3. The Kier molecular flexibility index (Phi) is 9.10. The van der Waals surface area contributed by atoms with Crippen LogP contribution < -0.4 is 5.32 Å². The van der Waals surface area contributed by atoms with Crippen molar-refractivity contribution in [3.8, 4) is 0 Å². The van der Waals surface area contributed by atoms with E-state index in [1.54, 1.807) is 0 Å². The molecule has 0 aliphatic rings. The molecule has 0 spiro atoms. The second-order valence-corrected chi connectivity index (χ2v) is 6.06. The summed E-state index contributed by atoms with van der Waals surface area (Å²) in [6.07, 6.45) is 0. The third-order valence-electron chi connectivity index (χ3n) is 3.51. The van der Waals surface area contributed by atoms with Crippen molar-refractivity contribution in [2.75, 3.05) is 46.3 Å². The molecule has 0 amide bonds. The maximum atomic E-state index is 3.52. The van der Waals surface area contributed by atoms with Gasteiger partial charge in [0.05, 0.1) is 0 Å². The lowest BCUT2D eigenvalue weighted by Crippen LogP contribution is -2.35. The third-order valence-corrected chi connectivity index (χ3v) is 4.00. The highest BCUT2D eigenvalue weighted by atomic mass is 79.9. The molecular weight excluding hydrogens is 314 g/mol. The molecule has 114 valence electrons. The lowest BCUT2D eigenvalue weighted by Gasteiger charge is -2.20. The van der Waals surface area contributed by atoms with E-state index in [9.17, 15) is 0 Å². The molecule has 0 atom stereocenters. The monoisotopic (exact) mass is 341 g/mol. The maximum absolute atomic E-state index is 3.52. The van der Waals surface area contributed by atoms with Crippen LogP contribution in [0.4, 0.5) is 0 Å². The van der Waals surface area contributed by atoms with Gasteiger partial charge < -0.3 is 15.1 Å². The summed E-state index contributed by atoms with van der Waals surface area (Å²) in [7, 11) is 2.17. The minimum atomic E-state index is 0.997. The molecule has 4 heteroatoms. The molecule has 0 aliphatic heterocycles. The van der Waals surface area contributed by atoms with Gasteiger partial charge in [-0.15, -0.1) is 0 Å². The van der Waals surface area contributed by atoms with E-state index in [-0.39, 0.29) is 0 Å². The fraction of sp³-hybridized carbons (Fsp3) is 0.625. The van der Waals surface area contributed by atoms with Crippen molar-refractivity contribution in [1.82, 2.24) is 15.1 Å². The number of nitrogens with zero attached hydrogens (tertiary/aromatic N) is 2. The highest BCUT2D eigenvalue weighted by Crippen LogP contribution is 2.12. The Morgan fingerprint density at radius 1 is 1.10 bits per heavy atom. The van der Waals surface area contributed by atoms with Gasteiger partial charge in [0.15, 0.2) is 0 Å². The van der Waals surface area contributed by atoms with Crippen LogP contribution in [0.15, 0.2) is 28.7 Å². The van der Waals surface area contributed by atoms with Crippen molar-refractivity contribution in [3.05, 3.63) is 34.3 Å². The highest BCUT2D eigenvalue weighted by molar-refractivity contribution is 9.10. The van der Waals surface area contributed by atoms with E-state index in [2.05, 4.69) is 76.2 Å². The highest BCUT2D eigenvalue weighted by Gasteiger charge is 2.01. The van der Waals surface area contributed by atoms with Crippen LogP contribution in [0.2, 0.25) is 0 Å². The average Bonchev–Trinajstić information content (AvgIpc) is 2.43. The number of halogens is 1. The quantitative estimate of drug-likeness (QED) is 0.660. The topological polar surface area (TPSA) is 18.5 Å². The Balaban J connectivity index is 2.13. The van der Waals surface area contributed by atoms with E-state index in [4.69, 9.17) is 0 Å². The molecule has 0 heterocycles. The molecule has 0 saturated carbocycles. The largest absolute Gasteiger partial charge is 0.314 e. The summed E-state index contributed by atoms with van der Waals surface area (Å²) >= 11 is 3.52. The zero-order valence-electron chi connectivity index (χ0n) is 13.0. The van der Waals surface area contributed by atoms with Crippen LogP contribution in [-0.2, 0) is 6.54 Å². The van der Waals surface area contributed by atoms with Gasteiger partial charge in [-0.05, 0) is 37.8 Å². The predicted octanol–water partition coefficient (Wildman–Crippen LogP) is 2.81. The zero-order valence-corrected chi connectivity index (χ0v) is 14.6. The maximum Gasteiger partial charge on any atom is 0.0231 e. The first kappa shape index (κ1) is 17.6. The van der Waals surface area contributed by atoms with Crippen LogP contribution in [0.3, 0.4) is 0 Å². The molecule has 3 nitrogen and oxygen atoms in total. The van der Waals surface area contributed by atoms with Crippen molar-refractivity contribution >= 4 is 15.9 Å². The molecule has 0 radical (unpaired) electrons. The van der Waals surface area contributed by atoms with Gasteiger partial charge in [0.2, 0.25) is 0 Å². The predicted molar refractivity (Wildman–Crippen MR) is 91.1 cm³/mol. The molecule has 0 unspecified atom stereocenters.